The molecule has 1 aromatic carbocycles. The molecule has 0 radical (unpaired) electrons. The Bertz CT molecular complexity index is 461. The molecule has 2 N–H and O–H groups in total. The molecule has 0 unspecified atom stereocenters. The number of allylic oxidation sites excluding steroid dienone is 2. The zero-order valence-electron chi connectivity index (χ0n) is 8.19. The van der Waals surface area contributed by atoms with E-state index in [1.54, 1.807) is 25.1 Å². The first-order chi connectivity index (χ1) is 7.09. The minimum absolute atomic E-state index is 0.173. The number of hydrogen-bond acceptors (Lipinski definition) is 2. The third-order valence-electron chi connectivity index (χ3n) is 1.77. The van der Waals surface area contributed by atoms with Crippen molar-refractivity contribution < 1.29 is 15.0 Å². The van der Waals surface area contributed by atoms with E-state index in [9.17, 15) is 9.90 Å². The number of rotatable bonds is 1. The number of phenols is 1. The first kappa shape index (κ1) is 10.9. The number of benzene rings is 1. The Kier molecular flexibility index (Phi) is 3.53. The molecular formula is C12H10O3. The highest BCUT2D eigenvalue weighted by Crippen LogP contribution is 2.18. The molecule has 0 saturated carbocycles. The van der Waals surface area contributed by atoms with Gasteiger partial charge in [-0.25, -0.2) is 4.79 Å². The predicted octanol–water partition coefficient (Wildman–Crippen LogP) is 1.88. The summed E-state index contributed by atoms with van der Waals surface area (Å²) in [7, 11) is 0. The van der Waals surface area contributed by atoms with Crippen LogP contribution in [0.25, 0.3) is 5.57 Å². The summed E-state index contributed by atoms with van der Waals surface area (Å²) in [5.74, 6) is 3.41. The molecule has 3 nitrogen and oxygen atoms in total. The lowest BCUT2D eigenvalue weighted by atomic mass is 10.1. The maximum absolute atomic E-state index is 10.1. The first-order valence-electron chi connectivity index (χ1n) is 4.30. The quantitative estimate of drug-likeness (QED) is 0.683. The summed E-state index contributed by atoms with van der Waals surface area (Å²) in [6.45, 7) is 1.80. The van der Waals surface area contributed by atoms with Crippen LogP contribution in [-0.4, -0.2) is 16.2 Å². The fourth-order valence-electron chi connectivity index (χ4n) is 1.04. The van der Waals surface area contributed by atoms with E-state index in [0.29, 0.717) is 0 Å². The highest BCUT2D eigenvalue weighted by atomic mass is 16.4. The molecule has 1 rings (SSSR count). The van der Waals surface area contributed by atoms with Crippen LogP contribution in [-0.2, 0) is 4.79 Å². The van der Waals surface area contributed by atoms with Gasteiger partial charge in [0.25, 0.3) is 0 Å². The third kappa shape index (κ3) is 3.57. The summed E-state index contributed by atoms with van der Waals surface area (Å²) < 4.78 is 0. The maximum atomic E-state index is 10.1. The standard InChI is InChI=1S/C12H10O3/c1-9(4-2-7-12(14)15)10-5-3-6-11(13)8-10/h3-6,8,13H,1H3,(H,14,15)/b9-4+. The summed E-state index contributed by atoms with van der Waals surface area (Å²) in [4.78, 5) is 10.1. The lowest BCUT2D eigenvalue weighted by Gasteiger charge is -1.99. The second-order valence-corrected chi connectivity index (χ2v) is 2.95. The van der Waals surface area contributed by atoms with Gasteiger partial charge in [-0.1, -0.05) is 18.1 Å². The molecule has 0 fully saturated rings. The number of aromatic hydroxyl groups is 1. The van der Waals surface area contributed by atoms with Gasteiger partial charge in [-0.15, -0.1) is 0 Å². The molecule has 0 bridgehead atoms. The van der Waals surface area contributed by atoms with E-state index < -0.39 is 5.97 Å². The lowest BCUT2D eigenvalue weighted by Crippen LogP contribution is -1.85. The van der Waals surface area contributed by atoms with Gasteiger partial charge in [0.1, 0.15) is 5.75 Å². The van der Waals surface area contributed by atoms with E-state index in [2.05, 4.69) is 5.92 Å². The van der Waals surface area contributed by atoms with Crippen LogP contribution in [0.15, 0.2) is 30.3 Å². The SMILES string of the molecule is C/C(=C\C#CC(=O)O)c1cccc(O)c1. The number of carbonyl (C=O) groups is 1. The summed E-state index contributed by atoms with van der Waals surface area (Å²) in [6.07, 6.45) is 1.50. The number of aliphatic carboxylic acids is 1. The molecular weight excluding hydrogens is 192 g/mol. The average molecular weight is 202 g/mol. The van der Waals surface area contributed by atoms with Crippen molar-refractivity contribution in [2.24, 2.45) is 0 Å². The molecule has 0 spiro atoms. The third-order valence-corrected chi connectivity index (χ3v) is 1.77. The van der Waals surface area contributed by atoms with Crippen LogP contribution in [0.4, 0.5) is 0 Å². The van der Waals surface area contributed by atoms with Crippen LogP contribution in [0.3, 0.4) is 0 Å². The monoisotopic (exact) mass is 202 g/mol. The van der Waals surface area contributed by atoms with Crippen LogP contribution in [0.1, 0.15) is 12.5 Å². The topological polar surface area (TPSA) is 57.5 Å². The van der Waals surface area contributed by atoms with Gasteiger partial charge in [0.15, 0.2) is 0 Å². The average Bonchev–Trinajstić information content (AvgIpc) is 2.17. The van der Waals surface area contributed by atoms with E-state index in [1.807, 2.05) is 12.0 Å². The van der Waals surface area contributed by atoms with Crippen LogP contribution in [0.5, 0.6) is 5.75 Å². The molecule has 3 heteroatoms. The Morgan fingerprint density at radius 3 is 2.80 bits per heavy atom. The van der Waals surface area contributed by atoms with Crippen molar-refractivity contribution in [3.8, 4) is 17.6 Å². The summed E-state index contributed by atoms with van der Waals surface area (Å²) in [5, 5.41) is 17.5. The van der Waals surface area contributed by atoms with Crippen LogP contribution in [0.2, 0.25) is 0 Å². The van der Waals surface area contributed by atoms with Gasteiger partial charge in [-0.3, -0.25) is 0 Å². The Hall–Kier alpha value is -2.21. The minimum Gasteiger partial charge on any atom is -0.508 e. The molecule has 0 amide bonds. The van der Waals surface area contributed by atoms with Crippen molar-refractivity contribution in [2.45, 2.75) is 6.92 Å². The predicted molar refractivity (Wildman–Crippen MR) is 57.2 cm³/mol. The number of carboxylic acid groups (broad SMARTS) is 1. The van der Waals surface area contributed by atoms with Gasteiger partial charge in [-0.05, 0) is 36.3 Å². The van der Waals surface area contributed by atoms with E-state index >= 15 is 0 Å². The highest BCUT2D eigenvalue weighted by Gasteiger charge is 1.95. The normalized spacial score (nSPS) is 10.3. The van der Waals surface area contributed by atoms with E-state index in [1.165, 1.54) is 6.08 Å². The molecule has 0 aliphatic rings. The zero-order chi connectivity index (χ0) is 11.3. The highest BCUT2D eigenvalue weighted by molar-refractivity contribution is 5.87. The molecule has 0 aliphatic heterocycles. The smallest absolute Gasteiger partial charge is 0.382 e. The minimum atomic E-state index is -1.16. The fourth-order valence-corrected chi connectivity index (χ4v) is 1.04. The summed E-state index contributed by atoms with van der Waals surface area (Å²) in [6, 6.07) is 6.69. The van der Waals surface area contributed by atoms with Gasteiger partial charge in [-0.2, -0.15) is 0 Å². The molecule has 76 valence electrons. The molecule has 0 atom stereocenters. The molecule has 0 aliphatic carbocycles. The van der Waals surface area contributed by atoms with Crippen molar-refractivity contribution in [3.63, 3.8) is 0 Å². The van der Waals surface area contributed by atoms with Crippen molar-refractivity contribution in [2.75, 3.05) is 0 Å². The van der Waals surface area contributed by atoms with Crippen LogP contribution in [0, 0.1) is 11.8 Å². The Labute approximate surface area is 87.7 Å². The summed E-state index contributed by atoms with van der Waals surface area (Å²) >= 11 is 0. The van der Waals surface area contributed by atoms with Crippen molar-refractivity contribution in [1.82, 2.24) is 0 Å². The number of hydrogen-bond donors (Lipinski definition) is 2. The van der Waals surface area contributed by atoms with Crippen LogP contribution < -0.4 is 0 Å². The molecule has 15 heavy (non-hydrogen) atoms. The molecule has 0 saturated heterocycles. The van der Waals surface area contributed by atoms with Gasteiger partial charge in [0, 0.05) is 5.92 Å². The summed E-state index contributed by atoms with van der Waals surface area (Å²) in [5.41, 5.74) is 1.62. The Morgan fingerprint density at radius 2 is 2.20 bits per heavy atom. The van der Waals surface area contributed by atoms with Crippen LogP contribution >= 0.6 is 0 Å². The van der Waals surface area contributed by atoms with Gasteiger partial charge < -0.3 is 10.2 Å². The van der Waals surface area contributed by atoms with E-state index in [0.717, 1.165) is 11.1 Å². The van der Waals surface area contributed by atoms with Crippen molar-refractivity contribution >= 4 is 11.5 Å². The molecule has 0 heterocycles. The maximum Gasteiger partial charge on any atom is 0.382 e. The van der Waals surface area contributed by atoms with Crippen molar-refractivity contribution in [1.29, 1.82) is 0 Å². The van der Waals surface area contributed by atoms with Gasteiger partial charge in [0.2, 0.25) is 0 Å². The Morgan fingerprint density at radius 1 is 1.47 bits per heavy atom. The second kappa shape index (κ2) is 4.87. The van der Waals surface area contributed by atoms with Gasteiger partial charge in [0.05, 0.1) is 0 Å². The fraction of sp³-hybridized carbons (Fsp3) is 0.0833. The molecule has 1 aromatic rings. The first-order valence-corrected chi connectivity index (χ1v) is 4.30. The largest absolute Gasteiger partial charge is 0.508 e. The lowest BCUT2D eigenvalue weighted by molar-refractivity contribution is -0.130. The van der Waals surface area contributed by atoms with E-state index in [4.69, 9.17) is 5.11 Å². The van der Waals surface area contributed by atoms with Crippen molar-refractivity contribution in [3.05, 3.63) is 35.9 Å². The van der Waals surface area contributed by atoms with E-state index in [-0.39, 0.29) is 5.75 Å². The van der Waals surface area contributed by atoms with Gasteiger partial charge >= 0.3 is 5.97 Å². The zero-order valence-corrected chi connectivity index (χ0v) is 8.19. The number of carboxylic acids is 1. The molecule has 0 aromatic heterocycles. The number of phenolic OH excluding ortho intramolecular Hbond substituents is 1. The second-order valence-electron chi connectivity index (χ2n) is 2.95. The Balaban J connectivity index is 2.91.